The Morgan fingerprint density at radius 2 is 1.44 bits per heavy atom. The van der Waals surface area contributed by atoms with Crippen LogP contribution < -0.4 is 0 Å². The van der Waals surface area contributed by atoms with Crippen LogP contribution in [0.2, 0.25) is 0 Å². The highest BCUT2D eigenvalue weighted by molar-refractivity contribution is 5.40. The molecule has 4 unspecified atom stereocenters. The lowest BCUT2D eigenvalue weighted by Gasteiger charge is -2.28. The van der Waals surface area contributed by atoms with Gasteiger partial charge in [-0.05, 0) is 103 Å². The fourth-order valence-corrected chi connectivity index (χ4v) is 5.83. The van der Waals surface area contributed by atoms with Crippen molar-refractivity contribution in [2.24, 2.45) is 5.92 Å². The molecule has 4 atom stereocenters. The van der Waals surface area contributed by atoms with Crippen molar-refractivity contribution in [1.82, 2.24) is 0 Å². The van der Waals surface area contributed by atoms with Crippen molar-refractivity contribution < 1.29 is 0 Å². The standard InChI is InChI=1S/C36H44/c1-4-29(15-9-6-10-16-30(5-2)32-19-13-8-14-20-32)26-36(25-28(3)31-17-11-7-12-18-31)35-24-22-33-21-23-34(33)27-35/h4,6-8,10-14,17-20,22,24,27-30,36H,1,5,9,15-16,21,23,25-26H2,2-3H3. The van der Waals surface area contributed by atoms with E-state index in [1.165, 1.54) is 55.2 Å². The second-order valence-electron chi connectivity index (χ2n) is 10.8. The van der Waals surface area contributed by atoms with Crippen molar-refractivity contribution >= 4 is 0 Å². The van der Waals surface area contributed by atoms with Gasteiger partial charge in [-0.2, -0.15) is 0 Å². The smallest absolute Gasteiger partial charge is 0.0130 e. The van der Waals surface area contributed by atoms with Gasteiger partial charge < -0.3 is 0 Å². The van der Waals surface area contributed by atoms with Gasteiger partial charge in [0.2, 0.25) is 0 Å². The zero-order chi connectivity index (χ0) is 25.2. The van der Waals surface area contributed by atoms with Gasteiger partial charge >= 0.3 is 0 Å². The third-order valence-corrected chi connectivity index (χ3v) is 8.35. The average Bonchev–Trinajstić information content (AvgIpc) is 2.91. The number of fused-ring (bicyclic) bond motifs is 1. The number of aryl methyl sites for hydroxylation is 2. The Hall–Kier alpha value is -2.86. The van der Waals surface area contributed by atoms with Gasteiger partial charge in [0.1, 0.15) is 0 Å². The summed E-state index contributed by atoms with van der Waals surface area (Å²) >= 11 is 0. The van der Waals surface area contributed by atoms with E-state index >= 15 is 0 Å². The van der Waals surface area contributed by atoms with Crippen LogP contribution in [0.25, 0.3) is 0 Å². The van der Waals surface area contributed by atoms with E-state index in [1.54, 1.807) is 11.1 Å². The maximum absolute atomic E-state index is 4.24. The van der Waals surface area contributed by atoms with Crippen LogP contribution in [0.5, 0.6) is 0 Å². The zero-order valence-corrected chi connectivity index (χ0v) is 22.4. The first kappa shape index (κ1) is 26.2. The lowest BCUT2D eigenvalue weighted by atomic mass is 9.77. The molecule has 188 valence electrons. The summed E-state index contributed by atoms with van der Waals surface area (Å²) in [5.74, 6) is 2.29. The topological polar surface area (TPSA) is 0 Å². The van der Waals surface area contributed by atoms with Crippen LogP contribution in [0.1, 0.15) is 97.9 Å². The second kappa shape index (κ2) is 13.4. The highest BCUT2D eigenvalue weighted by Crippen LogP contribution is 2.38. The molecule has 0 radical (unpaired) electrons. The summed E-state index contributed by atoms with van der Waals surface area (Å²) in [5, 5.41) is 0. The number of hydrogen-bond donors (Lipinski definition) is 0. The fourth-order valence-electron chi connectivity index (χ4n) is 5.83. The minimum absolute atomic E-state index is 0.546. The van der Waals surface area contributed by atoms with Crippen LogP contribution in [0, 0.1) is 5.92 Å². The molecule has 0 heterocycles. The Bertz CT molecular complexity index is 1090. The van der Waals surface area contributed by atoms with Crippen LogP contribution in [0.15, 0.2) is 104 Å². The average molecular weight is 477 g/mol. The lowest BCUT2D eigenvalue weighted by molar-refractivity contribution is 0.441. The van der Waals surface area contributed by atoms with E-state index in [4.69, 9.17) is 0 Å². The predicted octanol–water partition coefficient (Wildman–Crippen LogP) is 10.2. The zero-order valence-electron chi connectivity index (χ0n) is 22.4. The predicted molar refractivity (Wildman–Crippen MR) is 157 cm³/mol. The molecule has 0 saturated heterocycles. The minimum atomic E-state index is 0.546. The third kappa shape index (κ3) is 7.10. The number of rotatable bonds is 14. The Morgan fingerprint density at radius 1 is 0.750 bits per heavy atom. The van der Waals surface area contributed by atoms with E-state index in [-0.39, 0.29) is 0 Å². The Labute approximate surface area is 220 Å². The molecule has 0 bridgehead atoms. The quantitative estimate of drug-likeness (QED) is 0.203. The lowest BCUT2D eigenvalue weighted by Crippen LogP contribution is -2.13. The molecule has 0 amide bonds. The first-order chi connectivity index (χ1) is 17.7. The first-order valence-corrected chi connectivity index (χ1v) is 14.2. The van der Waals surface area contributed by atoms with Crippen molar-refractivity contribution in [2.75, 3.05) is 0 Å². The van der Waals surface area contributed by atoms with Gasteiger partial charge in [0.25, 0.3) is 0 Å². The summed E-state index contributed by atoms with van der Waals surface area (Å²) in [6.07, 6.45) is 16.6. The van der Waals surface area contributed by atoms with E-state index in [1.807, 2.05) is 0 Å². The van der Waals surface area contributed by atoms with E-state index < -0.39 is 0 Å². The molecule has 3 aromatic carbocycles. The molecule has 0 aromatic heterocycles. The summed E-state index contributed by atoms with van der Waals surface area (Å²) in [4.78, 5) is 0. The molecule has 0 nitrogen and oxygen atoms in total. The molecule has 0 spiro atoms. The monoisotopic (exact) mass is 476 g/mol. The highest BCUT2D eigenvalue weighted by atomic mass is 14.3. The van der Waals surface area contributed by atoms with Crippen LogP contribution in [-0.2, 0) is 12.8 Å². The Morgan fingerprint density at radius 3 is 2.06 bits per heavy atom. The fraction of sp³-hybridized carbons (Fsp3) is 0.389. The van der Waals surface area contributed by atoms with Gasteiger partial charge in [-0.3, -0.25) is 0 Å². The molecule has 1 aliphatic carbocycles. The van der Waals surface area contributed by atoms with Gasteiger partial charge in [-0.15, -0.1) is 6.58 Å². The minimum Gasteiger partial charge on any atom is -0.103 e. The van der Waals surface area contributed by atoms with E-state index in [0.29, 0.717) is 23.7 Å². The van der Waals surface area contributed by atoms with Gasteiger partial charge in [0.05, 0.1) is 0 Å². The first-order valence-electron chi connectivity index (χ1n) is 14.2. The Kier molecular flexibility index (Phi) is 9.79. The van der Waals surface area contributed by atoms with E-state index in [9.17, 15) is 0 Å². The Balaban J connectivity index is 1.36. The molecular weight excluding hydrogens is 432 g/mol. The summed E-state index contributed by atoms with van der Waals surface area (Å²) in [7, 11) is 0. The van der Waals surface area contributed by atoms with E-state index in [2.05, 4.69) is 118 Å². The van der Waals surface area contributed by atoms with Crippen molar-refractivity contribution in [2.45, 2.75) is 83.0 Å². The molecule has 0 heteroatoms. The SMILES string of the molecule is C=CC(CCC=CCC(CC)c1ccccc1)CC(CC(C)c1ccccc1)c1ccc2c(c1)CC2. The van der Waals surface area contributed by atoms with Gasteiger partial charge in [-0.1, -0.05) is 111 Å². The number of benzene rings is 3. The summed E-state index contributed by atoms with van der Waals surface area (Å²) in [6, 6.07) is 29.3. The van der Waals surface area contributed by atoms with Crippen molar-refractivity contribution in [3.05, 3.63) is 131 Å². The molecule has 0 aliphatic heterocycles. The van der Waals surface area contributed by atoms with Gasteiger partial charge in [0.15, 0.2) is 0 Å². The maximum Gasteiger partial charge on any atom is -0.0130 e. The summed E-state index contributed by atoms with van der Waals surface area (Å²) in [5.41, 5.74) is 7.58. The van der Waals surface area contributed by atoms with Crippen LogP contribution in [0.3, 0.4) is 0 Å². The van der Waals surface area contributed by atoms with E-state index in [0.717, 1.165) is 12.8 Å². The molecule has 0 saturated carbocycles. The molecule has 0 fully saturated rings. The normalized spacial score (nSPS) is 16.1. The molecule has 1 aliphatic rings. The maximum atomic E-state index is 4.24. The van der Waals surface area contributed by atoms with Crippen LogP contribution in [0.4, 0.5) is 0 Å². The van der Waals surface area contributed by atoms with Crippen molar-refractivity contribution in [3.8, 4) is 0 Å². The number of allylic oxidation sites excluding steroid dienone is 3. The molecule has 36 heavy (non-hydrogen) atoms. The van der Waals surface area contributed by atoms with Crippen molar-refractivity contribution in [1.29, 1.82) is 0 Å². The van der Waals surface area contributed by atoms with Crippen LogP contribution in [-0.4, -0.2) is 0 Å². The second-order valence-corrected chi connectivity index (χ2v) is 10.8. The summed E-state index contributed by atoms with van der Waals surface area (Å²) in [6.45, 7) is 8.94. The molecule has 0 N–H and O–H groups in total. The van der Waals surface area contributed by atoms with Gasteiger partial charge in [-0.25, -0.2) is 0 Å². The third-order valence-electron chi connectivity index (χ3n) is 8.35. The molecule has 4 rings (SSSR count). The highest BCUT2D eigenvalue weighted by Gasteiger charge is 2.22. The van der Waals surface area contributed by atoms with Crippen molar-refractivity contribution in [3.63, 3.8) is 0 Å². The molecular formula is C36H44. The number of hydrogen-bond acceptors (Lipinski definition) is 0. The largest absolute Gasteiger partial charge is 0.103 e. The van der Waals surface area contributed by atoms with Crippen LogP contribution >= 0.6 is 0 Å². The molecule has 3 aromatic rings. The summed E-state index contributed by atoms with van der Waals surface area (Å²) < 4.78 is 0. The van der Waals surface area contributed by atoms with Gasteiger partial charge in [0, 0.05) is 0 Å².